The van der Waals surface area contributed by atoms with Gasteiger partial charge in [0, 0.05) is 11.1 Å². The van der Waals surface area contributed by atoms with Crippen molar-refractivity contribution in [2.45, 2.75) is 41.1 Å². The minimum absolute atomic E-state index is 0.0599. The number of fused-ring (bicyclic) bond motifs is 4. The number of hydrogen-bond acceptors (Lipinski definition) is 4. The van der Waals surface area contributed by atoms with Crippen LogP contribution in [0, 0.1) is 0 Å². The van der Waals surface area contributed by atoms with Crippen LogP contribution in [0.15, 0.2) is 93.2 Å². The second-order valence-electron chi connectivity index (χ2n) is 8.64. The van der Waals surface area contributed by atoms with E-state index in [-0.39, 0.29) is 57.6 Å². The Labute approximate surface area is 205 Å². The Morgan fingerprint density at radius 3 is 1.31 bits per heavy atom. The predicted octanol–water partition coefficient (Wildman–Crippen LogP) is 7.68. The standard InChI is InChI=1S/C25H16F6N2S2/c26-24(27,28)22-18(32-20(34-22)14-8-3-1-4-9-14)16-12-7-13-17(16)19-23(22,25(29,30)31)35-21(33-19)15-10-5-2-6-11-15/h1-6,8-11H,7,12-13H2. The zero-order valence-corrected chi connectivity index (χ0v) is 19.5. The zero-order valence-electron chi connectivity index (χ0n) is 17.9. The zero-order chi connectivity index (χ0) is 24.6. The molecule has 0 amide bonds. The van der Waals surface area contributed by atoms with Crippen molar-refractivity contribution in [2.75, 3.05) is 0 Å². The maximum Gasteiger partial charge on any atom is 0.411 e. The first kappa shape index (κ1) is 23.0. The number of rotatable bonds is 2. The van der Waals surface area contributed by atoms with Gasteiger partial charge in [-0.1, -0.05) is 84.2 Å². The SMILES string of the molecule is FC(F)(F)C12SC(c3ccccc3)=NC1=C1CCCC1=C1N=C(c3ccccc3)SC12C(F)(F)F. The highest BCUT2D eigenvalue weighted by atomic mass is 32.2. The molecule has 35 heavy (non-hydrogen) atoms. The van der Waals surface area contributed by atoms with Gasteiger partial charge in [0.1, 0.15) is 10.1 Å². The topological polar surface area (TPSA) is 24.7 Å². The molecule has 1 saturated carbocycles. The molecule has 2 heterocycles. The van der Waals surface area contributed by atoms with E-state index in [0.29, 0.717) is 17.5 Å². The summed E-state index contributed by atoms with van der Waals surface area (Å²) in [5, 5.41) is -0.120. The van der Waals surface area contributed by atoms with Crippen molar-refractivity contribution in [1.29, 1.82) is 0 Å². The molecule has 2 nitrogen and oxygen atoms in total. The second kappa shape index (κ2) is 7.52. The van der Waals surface area contributed by atoms with Crippen molar-refractivity contribution in [3.63, 3.8) is 0 Å². The number of allylic oxidation sites excluding steroid dienone is 2. The van der Waals surface area contributed by atoms with Crippen LogP contribution in [-0.2, 0) is 0 Å². The highest BCUT2D eigenvalue weighted by molar-refractivity contribution is 8.20. The van der Waals surface area contributed by atoms with Gasteiger partial charge in [-0.05, 0) is 30.4 Å². The lowest BCUT2D eigenvalue weighted by molar-refractivity contribution is -0.210. The van der Waals surface area contributed by atoms with Gasteiger partial charge >= 0.3 is 12.4 Å². The summed E-state index contributed by atoms with van der Waals surface area (Å²) in [6.45, 7) is 0. The van der Waals surface area contributed by atoms with Crippen LogP contribution in [0.4, 0.5) is 26.3 Å². The Hall–Kier alpha value is -2.46. The number of benzene rings is 2. The summed E-state index contributed by atoms with van der Waals surface area (Å²) in [6, 6.07) is 16.2. The average Bonchev–Trinajstić information content (AvgIpc) is 3.54. The van der Waals surface area contributed by atoms with E-state index in [1.165, 1.54) is 0 Å². The molecule has 0 N–H and O–H groups in total. The molecule has 0 spiro atoms. The van der Waals surface area contributed by atoms with Crippen LogP contribution in [0.2, 0.25) is 0 Å². The third-order valence-electron chi connectivity index (χ3n) is 6.72. The molecule has 1 fully saturated rings. The number of hydrogen-bond donors (Lipinski definition) is 0. The van der Waals surface area contributed by atoms with Gasteiger partial charge in [-0.25, -0.2) is 9.98 Å². The van der Waals surface area contributed by atoms with Gasteiger partial charge in [0.25, 0.3) is 0 Å². The van der Waals surface area contributed by atoms with Crippen molar-refractivity contribution in [2.24, 2.45) is 9.98 Å². The molecule has 0 aromatic heterocycles. The van der Waals surface area contributed by atoms with Crippen molar-refractivity contribution in [1.82, 2.24) is 0 Å². The van der Waals surface area contributed by atoms with Gasteiger partial charge in [-0.2, -0.15) is 26.3 Å². The third-order valence-corrected chi connectivity index (χ3v) is 9.96. The molecule has 2 unspecified atom stereocenters. The summed E-state index contributed by atoms with van der Waals surface area (Å²) in [7, 11) is 0. The molecule has 6 rings (SSSR count). The molecular formula is C25H16F6N2S2. The minimum atomic E-state index is -5.26. The van der Waals surface area contributed by atoms with Crippen molar-refractivity contribution >= 4 is 33.6 Å². The maximum absolute atomic E-state index is 15.3. The van der Waals surface area contributed by atoms with Crippen molar-refractivity contribution < 1.29 is 26.3 Å². The first-order valence-corrected chi connectivity index (χ1v) is 12.5. The lowest BCUT2D eigenvalue weighted by Gasteiger charge is -2.49. The van der Waals surface area contributed by atoms with Gasteiger partial charge in [0.05, 0.1) is 11.4 Å². The first-order chi connectivity index (χ1) is 16.6. The quantitative estimate of drug-likeness (QED) is 0.378. The first-order valence-electron chi connectivity index (χ1n) is 10.9. The fourth-order valence-electron chi connectivity index (χ4n) is 5.29. The van der Waals surface area contributed by atoms with Crippen LogP contribution in [0.3, 0.4) is 0 Å². The Morgan fingerprint density at radius 1 is 0.600 bits per heavy atom. The average molecular weight is 523 g/mol. The second-order valence-corrected chi connectivity index (χ2v) is 11.0. The fourth-order valence-corrected chi connectivity index (χ4v) is 8.37. The van der Waals surface area contributed by atoms with Crippen LogP contribution in [0.1, 0.15) is 30.4 Å². The molecule has 2 aromatic carbocycles. The lowest BCUT2D eigenvalue weighted by Crippen LogP contribution is -2.67. The van der Waals surface area contributed by atoms with Gasteiger partial charge in [-0.15, -0.1) is 0 Å². The number of aliphatic imine (C=N–C) groups is 2. The Bertz CT molecular complexity index is 1240. The highest BCUT2D eigenvalue weighted by Gasteiger charge is 2.85. The van der Waals surface area contributed by atoms with E-state index in [1.54, 1.807) is 60.7 Å². The molecule has 2 aromatic rings. The van der Waals surface area contributed by atoms with Crippen LogP contribution in [0.25, 0.3) is 0 Å². The monoisotopic (exact) mass is 522 g/mol. The number of alkyl halides is 6. The molecule has 180 valence electrons. The predicted molar refractivity (Wildman–Crippen MR) is 127 cm³/mol. The van der Waals surface area contributed by atoms with E-state index in [0.717, 1.165) is 0 Å². The number of nitrogens with zero attached hydrogens (tertiary/aromatic N) is 2. The largest absolute Gasteiger partial charge is 0.411 e. The summed E-state index contributed by atoms with van der Waals surface area (Å²) >= 11 is 0.338. The summed E-state index contributed by atoms with van der Waals surface area (Å²) in [5.41, 5.74) is 0.200. The van der Waals surface area contributed by atoms with Crippen LogP contribution < -0.4 is 0 Å². The van der Waals surface area contributed by atoms with Gasteiger partial charge in [0.15, 0.2) is 9.49 Å². The molecule has 0 saturated heterocycles. The normalized spacial score (nSPS) is 28.1. The van der Waals surface area contributed by atoms with Crippen LogP contribution in [-0.4, -0.2) is 31.9 Å². The summed E-state index contributed by atoms with van der Waals surface area (Å²) in [6.07, 6.45) is -9.58. The minimum Gasteiger partial charge on any atom is -0.244 e. The number of halogens is 6. The molecule has 0 bridgehead atoms. The van der Waals surface area contributed by atoms with E-state index in [4.69, 9.17) is 0 Å². The van der Waals surface area contributed by atoms with Gasteiger partial charge < -0.3 is 0 Å². The third kappa shape index (κ3) is 2.95. The summed E-state index contributed by atoms with van der Waals surface area (Å²) in [5.74, 6) is 0. The van der Waals surface area contributed by atoms with E-state index in [2.05, 4.69) is 9.98 Å². The lowest BCUT2D eigenvalue weighted by atomic mass is 9.75. The van der Waals surface area contributed by atoms with Crippen molar-refractivity contribution in [3.8, 4) is 0 Å². The molecule has 4 aliphatic rings. The van der Waals surface area contributed by atoms with E-state index in [1.807, 2.05) is 0 Å². The van der Waals surface area contributed by atoms with Gasteiger partial charge in [-0.3, -0.25) is 0 Å². The maximum atomic E-state index is 15.3. The van der Waals surface area contributed by atoms with Crippen molar-refractivity contribution in [3.05, 3.63) is 94.3 Å². The molecule has 2 aliphatic carbocycles. The van der Waals surface area contributed by atoms with Crippen LogP contribution >= 0.6 is 23.5 Å². The molecule has 2 atom stereocenters. The highest BCUT2D eigenvalue weighted by Crippen LogP contribution is 2.74. The smallest absolute Gasteiger partial charge is 0.244 e. The van der Waals surface area contributed by atoms with E-state index < -0.39 is 33.2 Å². The van der Waals surface area contributed by atoms with E-state index in [9.17, 15) is 0 Å². The summed E-state index contributed by atoms with van der Waals surface area (Å²) < 4.78 is 84.9. The molecule has 2 aliphatic heterocycles. The van der Waals surface area contributed by atoms with Crippen LogP contribution in [0.5, 0.6) is 0 Å². The Morgan fingerprint density at radius 2 is 0.971 bits per heavy atom. The van der Waals surface area contributed by atoms with E-state index >= 15 is 26.3 Å². The molecule has 0 radical (unpaired) electrons. The fraction of sp³-hybridized carbons (Fsp3) is 0.280. The summed E-state index contributed by atoms with van der Waals surface area (Å²) in [4.78, 5) is 8.64. The van der Waals surface area contributed by atoms with Gasteiger partial charge in [0.2, 0.25) is 0 Å². The Balaban J connectivity index is 1.67. The molecule has 10 heteroatoms. The Kier molecular flexibility index (Phi) is 4.94. The number of thioether (sulfide) groups is 2. The molecular weight excluding hydrogens is 506 g/mol.